The Morgan fingerprint density at radius 3 is 2.75 bits per heavy atom. The van der Waals surface area contributed by atoms with Crippen LogP contribution >= 0.6 is 0 Å². The monoisotopic (exact) mass is 290 g/mol. The van der Waals surface area contributed by atoms with Crippen molar-refractivity contribution in [3.8, 4) is 0 Å². The van der Waals surface area contributed by atoms with Crippen LogP contribution in [0.2, 0.25) is 0 Å². The predicted molar refractivity (Wildman–Crippen MR) is 73.5 cm³/mol. The average molecular weight is 290 g/mol. The fourth-order valence-corrected chi connectivity index (χ4v) is 3.67. The maximum Gasteiger partial charge on any atom is 0.242 e. The molecule has 6 heteroatoms. The standard InChI is InChI=1S/C14H14N2O3S/c17-13-8-10-4-1-2-6-12(10)14(13)16-20(18,19)11-5-3-7-15-9-11/h1-7,9,13-14,16-17H,8H2. The number of aliphatic hydroxyl groups is 1. The maximum atomic E-state index is 12.3. The molecule has 0 spiro atoms. The molecule has 0 aliphatic heterocycles. The van der Waals surface area contributed by atoms with Crippen molar-refractivity contribution >= 4 is 10.0 Å². The molecule has 0 amide bonds. The third-order valence-electron chi connectivity index (χ3n) is 3.43. The largest absolute Gasteiger partial charge is 0.391 e. The van der Waals surface area contributed by atoms with Gasteiger partial charge in [0.1, 0.15) is 4.90 Å². The lowest BCUT2D eigenvalue weighted by Gasteiger charge is -2.17. The highest BCUT2D eigenvalue weighted by atomic mass is 32.2. The van der Waals surface area contributed by atoms with E-state index in [-0.39, 0.29) is 4.90 Å². The van der Waals surface area contributed by atoms with Gasteiger partial charge in [0.2, 0.25) is 10.0 Å². The minimum Gasteiger partial charge on any atom is -0.391 e. The van der Waals surface area contributed by atoms with Crippen LogP contribution in [0, 0.1) is 0 Å². The second-order valence-corrected chi connectivity index (χ2v) is 6.47. The summed E-state index contributed by atoms with van der Waals surface area (Å²) in [6.07, 6.45) is 2.50. The molecule has 1 heterocycles. The number of pyridine rings is 1. The predicted octanol–water partition coefficient (Wildman–Crippen LogP) is 1.02. The van der Waals surface area contributed by atoms with Gasteiger partial charge in [0.05, 0.1) is 12.1 Å². The van der Waals surface area contributed by atoms with Gasteiger partial charge in [-0.2, -0.15) is 0 Å². The van der Waals surface area contributed by atoms with Crippen molar-refractivity contribution in [3.63, 3.8) is 0 Å². The number of hydrogen-bond donors (Lipinski definition) is 2. The van der Waals surface area contributed by atoms with Gasteiger partial charge in [-0.15, -0.1) is 0 Å². The van der Waals surface area contributed by atoms with E-state index in [1.807, 2.05) is 24.3 Å². The molecule has 0 radical (unpaired) electrons. The number of hydrogen-bond acceptors (Lipinski definition) is 4. The fraction of sp³-hybridized carbons (Fsp3) is 0.214. The summed E-state index contributed by atoms with van der Waals surface area (Å²) in [4.78, 5) is 3.90. The fourth-order valence-electron chi connectivity index (χ4n) is 2.46. The zero-order valence-corrected chi connectivity index (χ0v) is 11.4. The zero-order valence-electron chi connectivity index (χ0n) is 10.6. The first-order valence-corrected chi connectivity index (χ1v) is 7.74. The summed E-state index contributed by atoms with van der Waals surface area (Å²) < 4.78 is 27.1. The second-order valence-electron chi connectivity index (χ2n) is 4.76. The highest BCUT2D eigenvalue weighted by Crippen LogP contribution is 2.32. The highest BCUT2D eigenvalue weighted by molar-refractivity contribution is 7.89. The SMILES string of the molecule is O=S(=O)(NC1c2ccccc2CC1O)c1cccnc1. The van der Waals surface area contributed by atoms with Crippen molar-refractivity contribution < 1.29 is 13.5 Å². The molecule has 1 aromatic carbocycles. The molecular formula is C14H14N2O3S. The normalized spacial score (nSPS) is 21.6. The molecule has 20 heavy (non-hydrogen) atoms. The van der Waals surface area contributed by atoms with Gasteiger partial charge in [0.25, 0.3) is 0 Å². The van der Waals surface area contributed by atoms with Crippen LogP contribution < -0.4 is 4.72 Å². The van der Waals surface area contributed by atoms with E-state index in [4.69, 9.17) is 0 Å². The number of rotatable bonds is 3. The van der Waals surface area contributed by atoms with E-state index < -0.39 is 22.2 Å². The Labute approximate surface area is 117 Å². The summed E-state index contributed by atoms with van der Waals surface area (Å²) in [5.41, 5.74) is 1.80. The first-order chi connectivity index (χ1) is 9.58. The quantitative estimate of drug-likeness (QED) is 0.884. The number of nitrogens with one attached hydrogen (secondary N) is 1. The van der Waals surface area contributed by atoms with E-state index in [1.165, 1.54) is 18.5 Å². The highest BCUT2D eigenvalue weighted by Gasteiger charge is 2.34. The van der Waals surface area contributed by atoms with Crippen molar-refractivity contribution in [2.75, 3.05) is 0 Å². The molecule has 0 fully saturated rings. The molecule has 1 aromatic heterocycles. The average Bonchev–Trinajstić information content (AvgIpc) is 2.76. The zero-order chi connectivity index (χ0) is 14.2. The summed E-state index contributed by atoms with van der Waals surface area (Å²) in [7, 11) is -3.69. The van der Waals surface area contributed by atoms with Gasteiger partial charge in [-0.05, 0) is 23.3 Å². The first kappa shape index (κ1) is 13.2. The minimum absolute atomic E-state index is 0.0941. The smallest absolute Gasteiger partial charge is 0.242 e. The van der Waals surface area contributed by atoms with Crippen molar-refractivity contribution in [2.45, 2.75) is 23.5 Å². The molecule has 2 aromatic rings. The lowest BCUT2D eigenvalue weighted by Crippen LogP contribution is -2.33. The molecule has 2 unspecified atom stereocenters. The molecule has 0 bridgehead atoms. The number of aromatic nitrogens is 1. The molecule has 5 nitrogen and oxygen atoms in total. The van der Waals surface area contributed by atoms with Crippen molar-refractivity contribution in [3.05, 3.63) is 59.9 Å². The molecule has 0 saturated heterocycles. The maximum absolute atomic E-state index is 12.3. The van der Waals surface area contributed by atoms with E-state index in [0.717, 1.165) is 11.1 Å². The van der Waals surface area contributed by atoms with Crippen molar-refractivity contribution in [1.29, 1.82) is 0 Å². The lowest BCUT2D eigenvalue weighted by atomic mass is 10.1. The Morgan fingerprint density at radius 1 is 1.20 bits per heavy atom. The van der Waals surface area contributed by atoms with E-state index in [1.54, 1.807) is 6.07 Å². The Hall–Kier alpha value is -1.76. The third kappa shape index (κ3) is 2.33. The molecule has 2 atom stereocenters. The number of benzene rings is 1. The Bertz CT molecular complexity index is 716. The van der Waals surface area contributed by atoms with Crippen LogP contribution in [0.3, 0.4) is 0 Å². The van der Waals surface area contributed by atoms with E-state index in [9.17, 15) is 13.5 Å². The molecular weight excluding hydrogens is 276 g/mol. The third-order valence-corrected chi connectivity index (χ3v) is 4.86. The number of sulfonamides is 1. The van der Waals surface area contributed by atoms with Crippen molar-refractivity contribution in [2.24, 2.45) is 0 Å². The molecule has 1 aliphatic rings. The summed E-state index contributed by atoms with van der Waals surface area (Å²) in [6, 6.07) is 9.87. The van der Waals surface area contributed by atoms with Gasteiger partial charge in [-0.3, -0.25) is 4.98 Å². The van der Waals surface area contributed by atoms with Crippen LogP contribution in [-0.4, -0.2) is 24.6 Å². The number of aliphatic hydroxyl groups excluding tert-OH is 1. The summed E-state index contributed by atoms with van der Waals surface area (Å²) in [5, 5.41) is 10.1. The molecule has 1 aliphatic carbocycles. The molecule has 0 saturated carbocycles. The van der Waals surface area contributed by atoms with Gasteiger partial charge < -0.3 is 5.11 Å². The lowest BCUT2D eigenvalue weighted by molar-refractivity contribution is 0.151. The topological polar surface area (TPSA) is 79.3 Å². The first-order valence-electron chi connectivity index (χ1n) is 6.26. The number of fused-ring (bicyclic) bond motifs is 1. The Kier molecular flexibility index (Phi) is 3.29. The Balaban J connectivity index is 1.92. The van der Waals surface area contributed by atoms with Crippen LogP contribution in [0.25, 0.3) is 0 Å². The van der Waals surface area contributed by atoms with Crippen LogP contribution in [0.5, 0.6) is 0 Å². The van der Waals surface area contributed by atoms with Crippen LogP contribution in [0.1, 0.15) is 17.2 Å². The summed E-state index contributed by atoms with van der Waals surface area (Å²) in [5.74, 6) is 0. The van der Waals surface area contributed by atoms with Gasteiger partial charge in [0, 0.05) is 18.8 Å². The van der Waals surface area contributed by atoms with Gasteiger partial charge in [-0.1, -0.05) is 24.3 Å². The van der Waals surface area contributed by atoms with Gasteiger partial charge >= 0.3 is 0 Å². The van der Waals surface area contributed by atoms with Crippen molar-refractivity contribution in [1.82, 2.24) is 9.71 Å². The molecule has 3 rings (SSSR count). The van der Waals surface area contributed by atoms with Gasteiger partial charge in [-0.25, -0.2) is 13.1 Å². The number of nitrogens with zero attached hydrogens (tertiary/aromatic N) is 1. The minimum atomic E-state index is -3.69. The van der Waals surface area contributed by atoms with Crippen LogP contribution in [0.4, 0.5) is 0 Å². The second kappa shape index (κ2) is 4.97. The van der Waals surface area contributed by atoms with E-state index in [2.05, 4.69) is 9.71 Å². The van der Waals surface area contributed by atoms with E-state index >= 15 is 0 Å². The Morgan fingerprint density at radius 2 is 2.00 bits per heavy atom. The summed E-state index contributed by atoms with van der Waals surface area (Å²) >= 11 is 0. The molecule has 104 valence electrons. The van der Waals surface area contributed by atoms with Gasteiger partial charge in [0.15, 0.2) is 0 Å². The van der Waals surface area contributed by atoms with Crippen LogP contribution in [0.15, 0.2) is 53.7 Å². The van der Waals surface area contributed by atoms with E-state index in [0.29, 0.717) is 6.42 Å². The molecule has 2 N–H and O–H groups in total. The van der Waals surface area contributed by atoms with Crippen LogP contribution in [-0.2, 0) is 16.4 Å². The summed E-state index contributed by atoms with van der Waals surface area (Å²) in [6.45, 7) is 0.